The van der Waals surface area contributed by atoms with Crippen LogP contribution in [-0.4, -0.2) is 35.4 Å². The van der Waals surface area contributed by atoms with Crippen LogP contribution >= 0.6 is 0 Å². The summed E-state index contributed by atoms with van der Waals surface area (Å²) in [4.78, 5) is 24.7. The van der Waals surface area contributed by atoms with Crippen LogP contribution in [0.2, 0.25) is 0 Å². The SMILES string of the molecule is CC(C)(C)Oc1ccc2cc(C[C@H](NC(=O)OCC3c4ccccc4-c4ccccc43)C(=O)O)ccc2c1. The molecular weight excluding hydrogens is 478 g/mol. The van der Waals surface area contributed by atoms with E-state index in [-0.39, 0.29) is 24.5 Å². The van der Waals surface area contributed by atoms with Crippen LogP contribution in [0.5, 0.6) is 5.75 Å². The number of benzene rings is 4. The van der Waals surface area contributed by atoms with Gasteiger partial charge < -0.3 is 19.9 Å². The Kier molecular flexibility index (Phi) is 6.81. The van der Waals surface area contributed by atoms with Crippen molar-refractivity contribution >= 4 is 22.8 Å². The van der Waals surface area contributed by atoms with Crippen LogP contribution in [0.15, 0.2) is 84.9 Å². The van der Waals surface area contributed by atoms with Crippen LogP contribution in [0.3, 0.4) is 0 Å². The average molecular weight is 510 g/mol. The van der Waals surface area contributed by atoms with E-state index in [9.17, 15) is 14.7 Å². The average Bonchev–Trinajstić information content (AvgIpc) is 3.20. The molecule has 4 aromatic rings. The Labute approximate surface area is 222 Å². The molecule has 5 rings (SSSR count). The first-order valence-corrected chi connectivity index (χ1v) is 12.7. The molecule has 0 aliphatic heterocycles. The van der Waals surface area contributed by atoms with Crippen LogP contribution in [0.25, 0.3) is 21.9 Å². The number of aliphatic carboxylic acids is 1. The van der Waals surface area contributed by atoms with Crippen molar-refractivity contribution in [2.24, 2.45) is 0 Å². The predicted octanol–water partition coefficient (Wildman–Crippen LogP) is 6.55. The Bertz CT molecular complexity index is 1460. The van der Waals surface area contributed by atoms with Crippen molar-refractivity contribution in [2.45, 2.75) is 44.8 Å². The fraction of sp³-hybridized carbons (Fsp3) is 0.250. The van der Waals surface area contributed by atoms with Crippen molar-refractivity contribution in [3.05, 3.63) is 102 Å². The molecule has 0 heterocycles. The van der Waals surface area contributed by atoms with E-state index >= 15 is 0 Å². The van der Waals surface area contributed by atoms with Crippen LogP contribution < -0.4 is 10.1 Å². The van der Waals surface area contributed by atoms with Gasteiger partial charge in [0, 0.05) is 12.3 Å². The molecule has 0 bridgehead atoms. The first-order chi connectivity index (χ1) is 18.2. The Morgan fingerprint density at radius 1 is 0.868 bits per heavy atom. The summed E-state index contributed by atoms with van der Waals surface area (Å²) in [5.74, 6) is -0.435. The number of carbonyl (C=O) groups is 2. The maximum absolute atomic E-state index is 12.7. The van der Waals surface area contributed by atoms with E-state index in [0.29, 0.717) is 0 Å². The van der Waals surface area contributed by atoms with Gasteiger partial charge in [0.05, 0.1) is 0 Å². The van der Waals surface area contributed by atoms with Crippen LogP contribution in [0.1, 0.15) is 43.4 Å². The van der Waals surface area contributed by atoms with Gasteiger partial charge in [-0.05, 0) is 71.5 Å². The van der Waals surface area contributed by atoms with Crippen molar-refractivity contribution in [1.29, 1.82) is 0 Å². The molecule has 6 nitrogen and oxygen atoms in total. The van der Waals surface area contributed by atoms with E-state index in [2.05, 4.69) is 17.4 Å². The molecule has 0 fully saturated rings. The quantitative estimate of drug-likeness (QED) is 0.295. The molecule has 1 amide bonds. The molecule has 0 unspecified atom stereocenters. The van der Waals surface area contributed by atoms with Crippen LogP contribution in [0, 0.1) is 0 Å². The molecule has 194 valence electrons. The van der Waals surface area contributed by atoms with Crippen molar-refractivity contribution in [1.82, 2.24) is 5.32 Å². The van der Waals surface area contributed by atoms with Gasteiger partial charge in [0.2, 0.25) is 0 Å². The number of carboxylic acids is 1. The number of fused-ring (bicyclic) bond motifs is 4. The molecule has 38 heavy (non-hydrogen) atoms. The number of hydrogen-bond acceptors (Lipinski definition) is 4. The maximum atomic E-state index is 12.7. The van der Waals surface area contributed by atoms with Crippen LogP contribution in [-0.2, 0) is 16.0 Å². The molecule has 0 saturated heterocycles. The van der Waals surface area contributed by atoms with Gasteiger partial charge in [-0.25, -0.2) is 9.59 Å². The van der Waals surface area contributed by atoms with Gasteiger partial charge in [0.15, 0.2) is 0 Å². The topological polar surface area (TPSA) is 84.9 Å². The third-order valence-electron chi connectivity index (χ3n) is 6.67. The molecule has 1 aliphatic carbocycles. The lowest BCUT2D eigenvalue weighted by molar-refractivity contribution is -0.139. The van der Waals surface area contributed by atoms with E-state index in [1.807, 2.05) is 93.6 Å². The van der Waals surface area contributed by atoms with Gasteiger partial charge in [-0.1, -0.05) is 72.8 Å². The molecule has 4 aromatic carbocycles. The van der Waals surface area contributed by atoms with E-state index in [4.69, 9.17) is 9.47 Å². The van der Waals surface area contributed by atoms with Gasteiger partial charge in [0.1, 0.15) is 24.0 Å². The van der Waals surface area contributed by atoms with E-state index in [0.717, 1.165) is 44.3 Å². The van der Waals surface area contributed by atoms with Crippen molar-refractivity contribution in [3.63, 3.8) is 0 Å². The standard InChI is InChI=1S/C32H31NO5/c1-32(2,3)38-23-15-14-21-16-20(12-13-22(21)18-23)17-29(30(34)35)33-31(36)37-19-28-26-10-6-4-8-24(26)25-9-5-7-11-27(25)28/h4-16,18,28-29H,17,19H2,1-3H3,(H,33,36)(H,34,35)/t29-/m0/s1. The lowest BCUT2D eigenvalue weighted by atomic mass is 9.98. The number of alkyl carbamates (subject to hydrolysis) is 1. The molecule has 0 radical (unpaired) electrons. The van der Waals surface area contributed by atoms with E-state index in [1.54, 1.807) is 0 Å². The Hall–Kier alpha value is -4.32. The first kappa shape index (κ1) is 25.3. The third kappa shape index (κ3) is 5.49. The lowest BCUT2D eigenvalue weighted by Gasteiger charge is -2.21. The highest BCUT2D eigenvalue weighted by atomic mass is 16.5. The van der Waals surface area contributed by atoms with Crippen LogP contribution in [0.4, 0.5) is 4.79 Å². The zero-order valence-electron chi connectivity index (χ0n) is 21.7. The Balaban J connectivity index is 1.25. The highest BCUT2D eigenvalue weighted by Crippen LogP contribution is 2.44. The normalized spacial score (nSPS) is 13.4. The molecule has 1 aliphatic rings. The summed E-state index contributed by atoms with van der Waals surface area (Å²) >= 11 is 0. The zero-order valence-corrected chi connectivity index (χ0v) is 21.7. The summed E-state index contributed by atoms with van der Waals surface area (Å²) in [5, 5.41) is 14.3. The molecular formula is C32H31NO5. The molecule has 0 saturated carbocycles. The fourth-order valence-electron chi connectivity index (χ4n) is 5.04. The number of amides is 1. The first-order valence-electron chi connectivity index (χ1n) is 12.7. The van der Waals surface area contributed by atoms with Gasteiger partial charge in [-0.3, -0.25) is 0 Å². The maximum Gasteiger partial charge on any atom is 0.407 e. The predicted molar refractivity (Wildman–Crippen MR) is 148 cm³/mol. The number of carbonyl (C=O) groups excluding carboxylic acids is 1. The molecule has 1 atom stereocenters. The summed E-state index contributed by atoms with van der Waals surface area (Å²) in [7, 11) is 0. The molecule has 6 heteroatoms. The monoisotopic (exact) mass is 509 g/mol. The van der Waals surface area contributed by atoms with Crippen molar-refractivity contribution < 1.29 is 24.2 Å². The van der Waals surface area contributed by atoms with Crippen molar-refractivity contribution in [3.8, 4) is 16.9 Å². The summed E-state index contributed by atoms with van der Waals surface area (Å²) in [6.45, 7) is 6.11. The number of nitrogens with one attached hydrogen (secondary N) is 1. The number of hydrogen-bond donors (Lipinski definition) is 2. The minimum atomic E-state index is -1.12. The second-order valence-corrected chi connectivity index (χ2v) is 10.6. The Morgan fingerprint density at radius 2 is 1.47 bits per heavy atom. The number of carboxylic acid groups (broad SMARTS) is 1. The van der Waals surface area contributed by atoms with E-state index in [1.165, 1.54) is 0 Å². The second-order valence-electron chi connectivity index (χ2n) is 10.6. The largest absolute Gasteiger partial charge is 0.488 e. The third-order valence-corrected chi connectivity index (χ3v) is 6.67. The summed E-state index contributed by atoms with van der Waals surface area (Å²) in [6.07, 6.45) is -0.612. The fourth-order valence-corrected chi connectivity index (χ4v) is 5.04. The minimum absolute atomic E-state index is 0.0935. The Morgan fingerprint density at radius 3 is 2.11 bits per heavy atom. The lowest BCUT2D eigenvalue weighted by Crippen LogP contribution is -2.42. The summed E-state index contributed by atoms with van der Waals surface area (Å²) < 4.78 is 11.5. The zero-order chi connectivity index (χ0) is 26.9. The molecule has 0 spiro atoms. The second kappa shape index (κ2) is 10.2. The minimum Gasteiger partial charge on any atom is -0.488 e. The molecule has 2 N–H and O–H groups in total. The number of rotatable bonds is 7. The van der Waals surface area contributed by atoms with Gasteiger partial charge >= 0.3 is 12.1 Å². The number of ether oxygens (including phenoxy) is 2. The van der Waals surface area contributed by atoms with E-state index < -0.39 is 18.1 Å². The smallest absolute Gasteiger partial charge is 0.407 e. The highest BCUT2D eigenvalue weighted by molar-refractivity contribution is 5.85. The highest BCUT2D eigenvalue weighted by Gasteiger charge is 2.30. The van der Waals surface area contributed by atoms with Gasteiger partial charge in [0.25, 0.3) is 0 Å². The molecule has 0 aromatic heterocycles. The van der Waals surface area contributed by atoms with Crippen molar-refractivity contribution in [2.75, 3.05) is 6.61 Å². The summed E-state index contributed by atoms with van der Waals surface area (Å²) in [5.41, 5.74) is 4.97. The van der Waals surface area contributed by atoms with Gasteiger partial charge in [-0.15, -0.1) is 0 Å². The summed E-state index contributed by atoms with van der Waals surface area (Å²) in [6, 6.07) is 26.6. The van der Waals surface area contributed by atoms with Gasteiger partial charge in [-0.2, -0.15) is 0 Å².